The smallest absolute Gasteiger partial charge is 0.234 e. The first-order valence-corrected chi connectivity index (χ1v) is 19.1. The van der Waals surface area contributed by atoms with Gasteiger partial charge in [0.15, 0.2) is 0 Å². The van der Waals surface area contributed by atoms with Gasteiger partial charge in [-0.15, -0.1) is 0 Å². The molecule has 2 aromatic heterocycles. The van der Waals surface area contributed by atoms with E-state index in [0.717, 1.165) is 60.9 Å². The third kappa shape index (κ3) is 4.49. The third-order valence-corrected chi connectivity index (χ3v) is 11.6. The van der Waals surface area contributed by atoms with Crippen LogP contribution in [0.1, 0.15) is 17.3 Å². The summed E-state index contributed by atoms with van der Waals surface area (Å²) < 4.78 is 4.75. The average molecular weight is 716 g/mol. The lowest BCUT2D eigenvalue weighted by molar-refractivity contribution is 0.674. The summed E-state index contributed by atoms with van der Waals surface area (Å²) in [5.41, 5.74) is 7.75. The second kappa shape index (κ2) is 12.0. The lowest BCUT2D eigenvalue weighted by Gasteiger charge is -2.26. The van der Waals surface area contributed by atoms with E-state index < -0.39 is 6.17 Å². The molecule has 1 atom stereocenters. The van der Waals surface area contributed by atoms with Gasteiger partial charge >= 0.3 is 0 Å². The highest BCUT2D eigenvalue weighted by atomic mass is 15.3. The van der Waals surface area contributed by atoms with Crippen LogP contribution in [0, 0.1) is 0 Å². The van der Waals surface area contributed by atoms with Crippen molar-refractivity contribution < 1.29 is 0 Å². The largest absolute Gasteiger partial charge is 0.344 e. The van der Waals surface area contributed by atoms with Gasteiger partial charge < -0.3 is 9.88 Å². The van der Waals surface area contributed by atoms with Crippen LogP contribution >= 0.6 is 0 Å². The Bertz CT molecular complexity index is 3460. The fourth-order valence-electron chi connectivity index (χ4n) is 9.13. The Balaban J connectivity index is 1.21. The molecule has 11 aromatic rings. The van der Waals surface area contributed by atoms with Crippen molar-refractivity contribution in [3.8, 4) is 5.69 Å². The lowest BCUT2D eigenvalue weighted by atomic mass is 10.0. The number of fused-ring (bicyclic) bond motifs is 10. The van der Waals surface area contributed by atoms with Gasteiger partial charge in [0, 0.05) is 38.1 Å². The van der Waals surface area contributed by atoms with E-state index in [0.29, 0.717) is 5.96 Å². The maximum atomic E-state index is 5.57. The molecule has 0 amide bonds. The van der Waals surface area contributed by atoms with Gasteiger partial charge in [-0.3, -0.25) is 4.57 Å². The molecule has 1 aliphatic rings. The molecule has 3 heterocycles. The molecule has 5 heteroatoms. The molecule has 0 aliphatic carbocycles. The molecule has 0 spiro atoms. The van der Waals surface area contributed by atoms with Crippen LogP contribution in [0.3, 0.4) is 0 Å². The molecule has 0 saturated heterocycles. The Morgan fingerprint density at radius 2 is 0.982 bits per heavy atom. The molecule has 0 radical (unpaired) electrons. The third-order valence-electron chi connectivity index (χ3n) is 11.6. The standard InChI is InChI=1S/C51H33N5/c1-4-20-35-32(14-1)17-11-25-40(35)49-52-50(41-26-12-18-33-15-2-5-21-36(33)41)54-51(53-49)56-44-27-9-7-23-38(44)39-30-31-46-47(48(39)56)42-24-8-10-28-45(42)55(46)43-29-13-19-34-16-3-6-22-37(34)43/h1-31,49H,(H,52,53,54). The monoisotopic (exact) mass is 715 g/mol. The Morgan fingerprint density at radius 1 is 0.411 bits per heavy atom. The highest BCUT2D eigenvalue weighted by Gasteiger charge is 2.27. The van der Waals surface area contributed by atoms with Crippen LogP contribution in [0.5, 0.6) is 0 Å². The van der Waals surface area contributed by atoms with Crippen molar-refractivity contribution in [1.82, 2.24) is 14.5 Å². The van der Waals surface area contributed by atoms with Gasteiger partial charge in [-0.1, -0.05) is 164 Å². The topological polar surface area (TPSA) is 46.6 Å². The van der Waals surface area contributed by atoms with Crippen LogP contribution in [-0.4, -0.2) is 20.9 Å². The number of aromatic nitrogens is 2. The van der Waals surface area contributed by atoms with Crippen LogP contribution in [-0.2, 0) is 0 Å². The minimum absolute atomic E-state index is 0.394. The molecule has 0 fully saturated rings. The normalized spacial score (nSPS) is 14.6. The summed E-state index contributed by atoms with van der Waals surface area (Å²) in [6.45, 7) is 0. The second-order valence-corrected chi connectivity index (χ2v) is 14.6. The van der Waals surface area contributed by atoms with Gasteiger partial charge in [-0.25, -0.2) is 4.99 Å². The number of aliphatic imine (C=N–C) groups is 2. The number of amidine groups is 1. The van der Waals surface area contributed by atoms with Crippen LogP contribution in [0.2, 0.25) is 0 Å². The number of para-hydroxylation sites is 2. The van der Waals surface area contributed by atoms with Gasteiger partial charge in [0.1, 0.15) is 12.0 Å². The van der Waals surface area contributed by atoms with Crippen molar-refractivity contribution in [1.29, 1.82) is 0 Å². The SMILES string of the molecule is c1ccc2c(C3=NC(n4c5ccccc5c5ccc6c(c7ccccc7n6-c6cccc7ccccc67)c54)=NC(c4cccc5ccccc45)N3)cccc2c1. The van der Waals surface area contributed by atoms with E-state index >= 15 is 0 Å². The summed E-state index contributed by atoms with van der Waals surface area (Å²) in [6, 6.07) is 67.3. The van der Waals surface area contributed by atoms with Crippen molar-refractivity contribution in [2.45, 2.75) is 6.17 Å². The molecule has 1 N–H and O–H groups in total. The molecule has 0 bridgehead atoms. The van der Waals surface area contributed by atoms with Gasteiger partial charge in [-0.05, 0) is 51.2 Å². The highest BCUT2D eigenvalue weighted by Crippen LogP contribution is 2.42. The quantitative estimate of drug-likeness (QED) is 0.194. The molecule has 1 aliphatic heterocycles. The molecule has 1 unspecified atom stereocenters. The van der Waals surface area contributed by atoms with Crippen molar-refractivity contribution >= 4 is 87.7 Å². The molecule has 9 aromatic carbocycles. The van der Waals surface area contributed by atoms with Crippen molar-refractivity contribution in [3.63, 3.8) is 0 Å². The van der Waals surface area contributed by atoms with Crippen molar-refractivity contribution in [3.05, 3.63) is 199 Å². The second-order valence-electron chi connectivity index (χ2n) is 14.6. The molecular weight excluding hydrogens is 683 g/mol. The van der Waals surface area contributed by atoms with E-state index in [4.69, 9.17) is 9.98 Å². The predicted molar refractivity (Wildman–Crippen MR) is 234 cm³/mol. The molecular formula is C51H33N5. The Labute approximate surface area is 322 Å². The number of hydrogen-bond acceptors (Lipinski definition) is 3. The number of nitrogens with zero attached hydrogens (tertiary/aromatic N) is 4. The fourth-order valence-corrected chi connectivity index (χ4v) is 9.13. The summed E-state index contributed by atoms with van der Waals surface area (Å²) >= 11 is 0. The number of benzene rings is 9. The average Bonchev–Trinajstić information content (AvgIpc) is 3.78. The van der Waals surface area contributed by atoms with Gasteiger partial charge in [0.25, 0.3) is 0 Å². The summed E-state index contributed by atoms with van der Waals surface area (Å²) in [5.74, 6) is 1.44. The highest BCUT2D eigenvalue weighted by molar-refractivity contribution is 6.29. The minimum atomic E-state index is -0.394. The Hall–Kier alpha value is -7.50. The van der Waals surface area contributed by atoms with E-state index in [1.165, 1.54) is 37.7 Å². The molecule has 56 heavy (non-hydrogen) atoms. The first-order valence-electron chi connectivity index (χ1n) is 19.1. The summed E-state index contributed by atoms with van der Waals surface area (Å²) in [6.07, 6.45) is -0.394. The Kier molecular flexibility index (Phi) is 6.63. The minimum Gasteiger partial charge on any atom is -0.344 e. The van der Waals surface area contributed by atoms with Gasteiger partial charge in [0.2, 0.25) is 5.96 Å². The van der Waals surface area contributed by atoms with E-state index in [-0.39, 0.29) is 0 Å². The zero-order valence-corrected chi connectivity index (χ0v) is 30.3. The van der Waals surface area contributed by atoms with Crippen LogP contribution in [0.15, 0.2) is 198 Å². The van der Waals surface area contributed by atoms with Crippen LogP contribution in [0.4, 0.5) is 0 Å². The number of rotatable bonds is 3. The Morgan fingerprint density at radius 3 is 1.77 bits per heavy atom. The van der Waals surface area contributed by atoms with E-state index in [2.05, 4.69) is 203 Å². The molecule has 0 saturated carbocycles. The lowest BCUT2D eigenvalue weighted by Crippen LogP contribution is -2.35. The molecule has 262 valence electrons. The zero-order chi connectivity index (χ0) is 36.7. The molecule has 5 nitrogen and oxygen atoms in total. The first-order chi connectivity index (χ1) is 27.8. The maximum Gasteiger partial charge on any atom is 0.234 e. The van der Waals surface area contributed by atoms with E-state index in [9.17, 15) is 0 Å². The van der Waals surface area contributed by atoms with Crippen LogP contribution in [0.25, 0.3) is 81.6 Å². The molecule has 12 rings (SSSR count). The van der Waals surface area contributed by atoms with Crippen molar-refractivity contribution in [2.24, 2.45) is 9.98 Å². The summed E-state index contributed by atoms with van der Waals surface area (Å²) in [7, 11) is 0. The summed E-state index contributed by atoms with van der Waals surface area (Å²) in [5, 5.41) is 15.6. The summed E-state index contributed by atoms with van der Waals surface area (Å²) in [4.78, 5) is 11.1. The number of nitrogens with one attached hydrogen (secondary N) is 1. The van der Waals surface area contributed by atoms with Crippen LogP contribution < -0.4 is 5.32 Å². The van der Waals surface area contributed by atoms with Crippen molar-refractivity contribution in [2.75, 3.05) is 0 Å². The predicted octanol–water partition coefficient (Wildman–Crippen LogP) is 12.3. The van der Waals surface area contributed by atoms with E-state index in [1.807, 2.05) is 0 Å². The first kappa shape index (κ1) is 30.9. The fraction of sp³-hybridized carbons (Fsp3) is 0.0196. The van der Waals surface area contributed by atoms with Gasteiger partial charge in [-0.2, -0.15) is 4.99 Å². The van der Waals surface area contributed by atoms with Gasteiger partial charge in [0.05, 0.1) is 27.8 Å². The van der Waals surface area contributed by atoms with E-state index in [1.54, 1.807) is 0 Å². The number of hydrogen-bond donors (Lipinski definition) is 1. The zero-order valence-electron chi connectivity index (χ0n) is 30.3. The maximum absolute atomic E-state index is 5.57.